The van der Waals surface area contributed by atoms with Gasteiger partial charge in [-0.05, 0) is 30.3 Å². The van der Waals surface area contributed by atoms with Crippen LogP contribution in [0.2, 0.25) is 10.0 Å². The molecule has 0 heterocycles. The topological polar surface area (TPSA) is 79.5 Å². The Morgan fingerprint density at radius 3 is 2.41 bits per heavy atom. The molecule has 0 unspecified atom stereocenters. The van der Waals surface area contributed by atoms with Gasteiger partial charge in [0, 0.05) is 10.6 Å². The molecule has 0 aliphatic rings. The number of hydrogen-bond acceptors (Lipinski definition) is 5. The molecule has 2 aromatic rings. The van der Waals surface area contributed by atoms with E-state index in [1.54, 1.807) is 24.3 Å². The van der Waals surface area contributed by atoms with Gasteiger partial charge in [-0.1, -0.05) is 46.6 Å². The molecule has 0 amide bonds. The molecule has 8 heteroatoms. The summed E-state index contributed by atoms with van der Waals surface area (Å²) in [6.45, 7) is 0. The fraction of sp³-hybridized carbons (Fsp3) is 0. The van der Waals surface area contributed by atoms with Gasteiger partial charge in [0.2, 0.25) is 0 Å². The van der Waals surface area contributed by atoms with Gasteiger partial charge in [-0.3, -0.25) is 4.28 Å². The van der Waals surface area contributed by atoms with Crippen molar-refractivity contribution in [2.24, 2.45) is 5.16 Å². The average Bonchev–Trinajstić information content (AvgIpc) is 2.50. The Bertz CT molecular complexity index is 859. The number of halogens is 2. The molecule has 0 N–H and O–H groups in total. The van der Waals surface area contributed by atoms with E-state index >= 15 is 0 Å². The normalized spacial score (nSPS) is 11.8. The van der Waals surface area contributed by atoms with Crippen molar-refractivity contribution in [3.63, 3.8) is 0 Å². The molecule has 0 radical (unpaired) electrons. The van der Waals surface area contributed by atoms with Crippen LogP contribution in [0.3, 0.4) is 0 Å². The van der Waals surface area contributed by atoms with Crippen molar-refractivity contribution in [2.75, 3.05) is 0 Å². The van der Waals surface area contributed by atoms with Crippen LogP contribution in [0.5, 0.6) is 0 Å². The van der Waals surface area contributed by atoms with Gasteiger partial charge >= 0.3 is 10.1 Å². The summed E-state index contributed by atoms with van der Waals surface area (Å²) in [4.78, 5) is -0.0711. The van der Waals surface area contributed by atoms with Crippen LogP contribution in [0.1, 0.15) is 5.56 Å². The summed E-state index contributed by atoms with van der Waals surface area (Å²) < 4.78 is 28.4. The van der Waals surface area contributed by atoms with Crippen LogP contribution in [0.4, 0.5) is 0 Å². The third-order valence-electron chi connectivity index (χ3n) is 2.55. The maximum atomic E-state index is 11.9. The van der Waals surface area contributed by atoms with Gasteiger partial charge in [0.25, 0.3) is 0 Å². The highest BCUT2D eigenvalue weighted by molar-refractivity contribution is 7.86. The maximum absolute atomic E-state index is 11.9. The second-order valence-corrected chi connectivity index (χ2v) is 6.39. The molecule has 0 aliphatic heterocycles. The van der Waals surface area contributed by atoms with Crippen LogP contribution in [-0.4, -0.2) is 14.1 Å². The molecule has 22 heavy (non-hydrogen) atoms. The van der Waals surface area contributed by atoms with E-state index in [0.29, 0.717) is 5.02 Å². The first-order chi connectivity index (χ1) is 10.4. The summed E-state index contributed by atoms with van der Waals surface area (Å²) in [7, 11) is -4.10. The number of hydrogen-bond donors (Lipinski definition) is 0. The Kier molecular flexibility index (Phi) is 5.03. The highest BCUT2D eigenvalue weighted by Gasteiger charge is 2.17. The lowest BCUT2D eigenvalue weighted by atomic mass is 10.1. The predicted molar refractivity (Wildman–Crippen MR) is 83.3 cm³/mol. The van der Waals surface area contributed by atoms with Crippen molar-refractivity contribution < 1.29 is 12.7 Å². The third kappa shape index (κ3) is 3.77. The van der Waals surface area contributed by atoms with Crippen LogP contribution >= 0.6 is 23.2 Å². The van der Waals surface area contributed by atoms with Crippen LogP contribution in [0, 0.1) is 11.3 Å². The Morgan fingerprint density at radius 1 is 1.14 bits per heavy atom. The van der Waals surface area contributed by atoms with Crippen LogP contribution < -0.4 is 0 Å². The minimum absolute atomic E-state index is 0.0711. The molecule has 2 aromatic carbocycles. The zero-order chi connectivity index (χ0) is 16.2. The fourth-order valence-electron chi connectivity index (χ4n) is 1.53. The summed E-state index contributed by atoms with van der Waals surface area (Å²) in [5.74, 6) is 0. The average molecular weight is 355 g/mol. The number of nitriles is 1. The molecule has 0 atom stereocenters. The molecule has 0 aliphatic carbocycles. The standard InChI is InChI=1S/C14H8Cl2N2O3S/c15-10-6-7-12(13(16)8-10)14(9-17)18-21-22(19,20)11-4-2-1-3-5-11/h1-8H. The molecule has 0 saturated carbocycles. The second-order valence-electron chi connectivity index (χ2n) is 4.02. The number of oxime groups is 1. The maximum Gasteiger partial charge on any atom is 0.358 e. The summed E-state index contributed by atoms with van der Waals surface area (Å²) >= 11 is 11.7. The number of rotatable bonds is 4. The molecule has 0 fully saturated rings. The highest BCUT2D eigenvalue weighted by Crippen LogP contribution is 2.22. The lowest BCUT2D eigenvalue weighted by Crippen LogP contribution is -2.06. The minimum atomic E-state index is -4.10. The zero-order valence-electron chi connectivity index (χ0n) is 10.9. The van der Waals surface area contributed by atoms with Crippen LogP contribution in [-0.2, 0) is 14.4 Å². The fourth-order valence-corrected chi connectivity index (χ4v) is 2.78. The van der Waals surface area contributed by atoms with E-state index in [2.05, 4.69) is 9.44 Å². The van der Waals surface area contributed by atoms with E-state index in [4.69, 9.17) is 28.5 Å². The molecular formula is C14H8Cl2N2O3S. The first-order valence-corrected chi connectivity index (χ1v) is 8.02. The lowest BCUT2D eigenvalue weighted by Gasteiger charge is -2.04. The van der Waals surface area contributed by atoms with Crippen molar-refractivity contribution >= 4 is 39.0 Å². The van der Waals surface area contributed by atoms with Crippen molar-refractivity contribution in [1.29, 1.82) is 5.26 Å². The van der Waals surface area contributed by atoms with E-state index < -0.39 is 10.1 Å². The Balaban J connectivity index is 2.33. The minimum Gasteiger partial charge on any atom is -0.263 e. The molecule has 0 spiro atoms. The highest BCUT2D eigenvalue weighted by atomic mass is 35.5. The van der Waals surface area contributed by atoms with Crippen molar-refractivity contribution in [2.45, 2.75) is 4.90 Å². The van der Waals surface area contributed by atoms with Gasteiger partial charge in [-0.15, -0.1) is 0 Å². The van der Waals surface area contributed by atoms with Crippen molar-refractivity contribution in [3.05, 3.63) is 64.1 Å². The smallest absolute Gasteiger partial charge is 0.263 e. The largest absolute Gasteiger partial charge is 0.358 e. The van der Waals surface area contributed by atoms with Gasteiger partial charge in [0.1, 0.15) is 11.0 Å². The number of nitrogens with zero attached hydrogens (tertiary/aromatic N) is 2. The molecular weight excluding hydrogens is 347 g/mol. The van der Waals surface area contributed by atoms with E-state index in [1.807, 2.05) is 0 Å². The summed E-state index contributed by atoms with van der Waals surface area (Å²) in [6.07, 6.45) is 0. The molecule has 0 aromatic heterocycles. The zero-order valence-corrected chi connectivity index (χ0v) is 13.2. The van der Waals surface area contributed by atoms with Gasteiger partial charge in [0.15, 0.2) is 5.71 Å². The van der Waals surface area contributed by atoms with Gasteiger partial charge in [-0.2, -0.15) is 13.7 Å². The number of benzene rings is 2. The second kappa shape index (κ2) is 6.79. The molecule has 0 bridgehead atoms. The molecule has 2 rings (SSSR count). The van der Waals surface area contributed by atoms with E-state index in [-0.39, 0.29) is 21.2 Å². The van der Waals surface area contributed by atoms with Crippen LogP contribution in [0.25, 0.3) is 0 Å². The Hall–Kier alpha value is -2.07. The van der Waals surface area contributed by atoms with Gasteiger partial charge in [-0.25, -0.2) is 0 Å². The van der Waals surface area contributed by atoms with Crippen molar-refractivity contribution in [3.8, 4) is 6.07 Å². The SMILES string of the molecule is N#CC(=NOS(=O)(=O)c1ccccc1)c1ccc(Cl)cc1Cl. The van der Waals surface area contributed by atoms with Gasteiger partial charge < -0.3 is 0 Å². The first-order valence-electron chi connectivity index (χ1n) is 5.86. The van der Waals surface area contributed by atoms with E-state index in [0.717, 1.165) is 0 Å². The summed E-state index contributed by atoms with van der Waals surface area (Å²) in [5.41, 5.74) is -0.0574. The quantitative estimate of drug-likeness (QED) is 0.620. The van der Waals surface area contributed by atoms with Gasteiger partial charge in [0.05, 0.1) is 5.02 Å². The lowest BCUT2D eigenvalue weighted by molar-refractivity contribution is 0.339. The Morgan fingerprint density at radius 2 is 1.82 bits per heavy atom. The molecule has 5 nitrogen and oxygen atoms in total. The Labute approximate surface area is 137 Å². The van der Waals surface area contributed by atoms with Crippen LogP contribution in [0.15, 0.2) is 58.6 Å². The third-order valence-corrected chi connectivity index (χ3v) is 4.22. The molecule has 112 valence electrons. The van der Waals surface area contributed by atoms with E-state index in [9.17, 15) is 8.42 Å². The van der Waals surface area contributed by atoms with E-state index in [1.165, 1.54) is 30.3 Å². The summed E-state index contributed by atoms with van der Waals surface area (Å²) in [5, 5.41) is 13.0. The molecule has 0 saturated heterocycles. The monoisotopic (exact) mass is 354 g/mol. The predicted octanol–water partition coefficient (Wildman–Crippen LogP) is 3.63. The van der Waals surface area contributed by atoms with Crippen molar-refractivity contribution in [1.82, 2.24) is 0 Å². The first kappa shape index (κ1) is 16.3. The summed E-state index contributed by atoms with van der Waals surface area (Å²) in [6, 6.07) is 13.6.